The lowest BCUT2D eigenvalue weighted by Gasteiger charge is -2.22. The van der Waals surface area contributed by atoms with Crippen molar-refractivity contribution in [1.29, 1.82) is 0 Å². The van der Waals surface area contributed by atoms with E-state index >= 15 is 0 Å². The molecule has 0 radical (unpaired) electrons. The summed E-state index contributed by atoms with van der Waals surface area (Å²) in [6.45, 7) is 3.20. The maximum Gasteiger partial charge on any atom is 0.260 e. The van der Waals surface area contributed by atoms with E-state index in [2.05, 4.69) is 4.90 Å². The molecule has 150 valence electrons. The molecule has 0 spiro atoms. The van der Waals surface area contributed by atoms with Crippen LogP contribution in [0.4, 0.5) is 0 Å². The summed E-state index contributed by atoms with van der Waals surface area (Å²) in [5.74, 6) is 0.725. The van der Waals surface area contributed by atoms with Gasteiger partial charge in [-0.25, -0.2) is 8.42 Å². The molecule has 1 fully saturated rings. The van der Waals surface area contributed by atoms with Gasteiger partial charge in [0, 0.05) is 26.2 Å². The van der Waals surface area contributed by atoms with E-state index in [4.69, 9.17) is 4.74 Å². The molecule has 1 heterocycles. The first-order valence-corrected chi connectivity index (χ1v) is 11.2. The van der Waals surface area contributed by atoms with Gasteiger partial charge in [-0.3, -0.25) is 4.79 Å². The van der Waals surface area contributed by atoms with Crippen LogP contribution in [-0.4, -0.2) is 69.2 Å². The molecule has 6 nitrogen and oxygen atoms in total. The van der Waals surface area contributed by atoms with Crippen LogP contribution in [0.25, 0.3) is 0 Å². The Labute approximate surface area is 166 Å². The molecule has 1 aliphatic rings. The quantitative estimate of drug-likeness (QED) is 0.709. The number of hydrogen-bond acceptors (Lipinski definition) is 5. The Balaban J connectivity index is 1.46. The van der Waals surface area contributed by atoms with Crippen molar-refractivity contribution in [2.45, 2.75) is 11.3 Å². The van der Waals surface area contributed by atoms with Gasteiger partial charge in [0.1, 0.15) is 5.75 Å². The SMILES string of the molecule is O=C(COc1ccccc1)N1CCCN(CCS(=O)(=O)c2ccccc2)CC1. The first-order chi connectivity index (χ1) is 13.5. The summed E-state index contributed by atoms with van der Waals surface area (Å²) < 4.78 is 30.4. The van der Waals surface area contributed by atoms with Crippen LogP contribution in [-0.2, 0) is 14.6 Å². The van der Waals surface area contributed by atoms with E-state index in [1.54, 1.807) is 35.2 Å². The van der Waals surface area contributed by atoms with Crippen molar-refractivity contribution in [2.24, 2.45) is 0 Å². The molecule has 0 N–H and O–H groups in total. The lowest BCUT2D eigenvalue weighted by molar-refractivity contribution is -0.133. The monoisotopic (exact) mass is 402 g/mol. The van der Waals surface area contributed by atoms with E-state index < -0.39 is 9.84 Å². The Morgan fingerprint density at radius 1 is 0.893 bits per heavy atom. The van der Waals surface area contributed by atoms with Crippen molar-refractivity contribution >= 4 is 15.7 Å². The third kappa shape index (κ3) is 5.81. The van der Waals surface area contributed by atoms with E-state index in [0.717, 1.165) is 13.0 Å². The van der Waals surface area contributed by atoms with Crippen molar-refractivity contribution < 1.29 is 17.9 Å². The first kappa shape index (κ1) is 20.4. The predicted molar refractivity (Wildman–Crippen MR) is 108 cm³/mol. The van der Waals surface area contributed by atoms with Crippen LogP contribution in [0.5, 0.6) is 5.75 Å². The number of para-hydroxylation sites is 1. The Bertz CT molecular complexity index is 856. The average Bonchev–Trinajstić information content (AvgIpc) is 2.98. The molecule has 1 amide bonds. The number of nitrogens with zero attached hydrogens (tertiary/aromatic N) is 2. The highest BCUT2D eigenvalue weighted by Gasteiger charge is 2.21. The number of sulfone groups is 1. The third-order valence-corrected chi connectivity index (χ3v) is 6.54. The summed E-state index contributed by atoms with van der Waals surface area (Å²) in [6, 6.07) is 17.8. The van der Waals surface area contributed by atoms with Crippen molar-refractivity contribution in [3.63, 3.8) is 0 Å². The Kier molecular flexibility index (Phi) is 7.06. The van der Waals surface area contributed by atoms with Crippen molar-refractivity contribution in [1.82, 2.24) is 9.80 Å². The number of benzene rings is 2. The molecule has 1 saturated heterocycles. The van der Waals surface area contributed by atoms with Gasteiger partial charge in [0.05, 0.1) is 10.6 Å². The van der Waals surface area contributed by atoms with Crippen LogP contribution >= 0.6 is 0 Å². The van der Waals surface area contributed by atoms with Gasteiger partial charge in [0.2, 0.25) is 0 Å². The zero-order chi connectivity index (χ0) is 19.8. The van der Waals surface area contributed by atoms with Gasteiger partial charge in [-0.2, -0.15) is 0 Å². The van der Waals surface area contributed by atoms with E-state index in [0.29, 0.717) is 36.8 Å². The Morgan fingerprint density at radius 3 is 2.29 bits per heavy atom. The second-order valence-electron chi connectivity index (χ2n) is 6.81. The Hall–Kier alpha value is -2.38. The standard InChI is InChI=1S/C21H26N2O4S/c24-21(18-27-19-8-3-1-4-9-19)23-13-7-12-22(14-15-23)16-17-28(25,26)20-10-5-2-6-11-20/h1-6,8-11H,7,12-18H2. The van der Waals surface area contributed by atoms with Gasteiger partial charge in [0.15, 0.2) is 16.4 Å². The Morgan fingerprint density at radius 2 is 1.57 bits per heavy atom. The highest BCUT2D eigenvalue weighted by Crippen LogP contribution is 2.12. The summed E-state index contributed by atoms with van der Waals surface area (Å²) in [6.07, 6.45) is 0.822. The number of carbonyl (C=O) groups excluding carboxylic acids is 1. The summed E-state index contributed by atoms with van der Waals surface area (Å²) in [5, 5.41) is 0. The van der Waals surface area contributed by atoms with Gasteiger partial charge >= 0.3 is 0 Å². The molecule has 28 heavy (non-hydrogen) atoms. The van der Waals surface area contributed by atoms with Gasteiger partial charge in [-0.05, 0) is 37.2 Å². The van der Waals surface area contributed by atoms with Crippen LogP contribution in [0.15, 0.2) is 65.6 Å². The number of hydrogen-bond donors (Lipinski definition) is 0. The fourth-order valence-electron chi connectivity index (χ4n) is 3.19. The normalized spacial score (nSPS) is 15.8. The summed E-state index contributed by atoms with van der Waals surface area (Å²) in [4.78, 5) is 16.7. The molecule has 0 atom stereocenters. The third-order valence-electron chi connectivity index (χ3n) is 4.83. The summed E-state index contributed by atoms with van der Waals surface area (Å²) >= 11 is 0. The molecular weight excluding hydrogens is 376 g/mol. The minimum Gasteiger partial charge on any atom is -0.484 e. The van der Waals surface area contributed by atoms with Crippen molar-refractivity contribution in [3.8, 4) is 5.75 Å². The summed E-state index contributed by atoms with van der Waals surface area (Å²) in [7, 11) is -3.28. The fourth-order valence-corrected chi connectivity index (χ4v) is 4.50. The molecule has 1 aliphatic heterocycles. The highest BCUT2D eigenvalue weighted by molar-refractivity contribution is 7.91. The fraction of sp³-hybridized carbons (Fsp3) is 0.381. The molecule has 7 heteroatoms. The maximum absolute atomic E-state index is 12.4. The van der Waals surface area contributed by atoms with Crippen LogP contribution in [0, 0.1) is 0 Å². The van der Waals surface area contributed by atoms with E-state index in [-0.39, 0.29) is 18.3 Å². The molecule has 0 bridgehead atoms. The van der Waals surface area contributed by atoms with Gasteiger partial charge in [-0.1, -0.05) is 36.4 Å². The number of carbonyl (C=O) groups is 1. The molecule has 0 saturated carbocycles. The molecule has 0 aromatic heterocycles. The maximum atomic E-state index is 12.4. The van der Waals surface area contributed by atoms with Gasteiger partial charge in [0.25, 0.3) is 5.91 Å². The minimum absolute atomic E-state index is 0.0202. The summed E-state index contributed by atoms with van der Waals surface area (Å²) in [5.41, 5.74) is 0. The molecule has 2 aromatic carbocycles. The van der Waals surface area contributed by atoms with Crippen LogP contribution in [0.1, 0.15) is 6.42 Å². The smallest absolute Gasteiger partial charge is 0.260 e. The van der Waals surface area contributed by atoms with E-state index in [9.17, 15) is 13.2 Å². The lowest BCUT2D eigenvalue weighted by Crippen LogP contribution is -2.38. The second kappa shape index (κ2) is 9.71. The zero-order valence-corrected chi connectivity index (χ0v) is 16.7. The largest absolute Gasteiger partial charge is 0.484 e. The molecule has 0 unspecified atom stereocenters. The molecule has 0 aliphatic carbocycles. The van der Waals surface area contributed by atoms with E-state index in [1.165, 1.54) is 0 Å². The zero-order valence-electron chi connectivity index (χ0n) is 15.9. The lowest BCUT2D eigenvalue weighted by atomic mass is 10.3. The number of amides is 1. The molecular formula is C21H26N2O4S. The average molecular weight is 403 g/mol. The highest BCUT2D eigenvalue weighted by atomic mass is 32.2. The number of ether oxygens (including phenoxy) is 1. The second-order valence-corrected chi connectivity index (χ2v) is 8.92. The van der Waals surface area contributed by atoms with Crippen molar-refractivity contribution in [2.75, 3.05) is 45.1 Å². The molecule has 2 aromatic rings. The predicted octanol–water partition coefficient (Wildman–Crippen LogP) is 2.07. The first-order valence-electron chi connectivity index (χ1n) is 9.50. The van der Waals surface area contributed by atoms with Crippen molar-refractivity contribution in [3.05, 3.63) is 60.7 Å². The van der Waals surface area contributed by atoms with Crippen LogP contribution in [0.2, 0.25) is 0 Å². The minimum atomic E-state index is -3.28. The number of rotatable bonds is 7. The molecule has 3 rings (SSSR count). The van der Waals surface area contributed by atoms with Gasteiger partial charge in [-0.15, -0.1) is 0 Å². The van der Waals surface area contributed by atoms with E-state index in [1.807, 2.05) is 30.3 Å². The van der Waals surface area contributed by atoms with Gasteiger partial charge < -0.3 is 14.5 Å². The van der Waals surface area contributed by atoms with Crippen LogP contribution in [0.3, 0.4) is 0 Å². The topological polar surface area (TPSA) is 66.9 Å². The van der Waals surface area contributed by atoms with Crippen LogP contribution < -0.4 is 4.74 Å².